The first-order valence-corrected chi connectivity index (χ1v) is 8.47. The molecule has 0 N–H and O–H groups in total. The van der Waals surface area contributed by atoms with Crippen LogP contribution in [0.1, 0.15) is 84.0 Å². The molecular formula is C18H32O3. The van der Waals surface area contributed by atoms with Gasteiger partial charge in [0, 0.05) is 18.9 Å². The Morgan fingerprint density at radius 2 is 1.43 bits per heavy atom. The predicted octanol–water partition coefficient (Wildman–Crippen LogP) is 4.99. The number of hydrogen-bond donors (Lipinski definition) is 0. The van der Waals surface area contributed by atoms with E-state index in [1.807, 2.05) is 0 Å². The summed E-state index contributed by atoms with van der Waals surface area (Å²) in [4.78, 5) is 22.5. The Morgan fingerprint density at radius 3 is 2.05 bits per heavy atom. The molecule has 0 saturated heterocycles. The standard InChI is InChI=1S/C18H32O3/c1-3-4-5-6-7-8-9-11-14-17(19)15-12-10-13-16-18(20)21-2/h13,16H,3-12,14-15H2,1-2H3. The summed E-state index contributed by atoms with van der Waals surface area (Å²) in [6, 6.07) is 0. The first-order chi connectivity index (χ1) is 10.2. The van der Waals surface area contributed by atoms with Crippen LogP contribution in [0.15, 0.2) is 12.2 Å². The minimum absolute atomic E-state index is 0.333. The first kappa shape index (κ1) is 19.9. The molecule has 0 aromatic rings. The van der Waals surface area contributed by atoms with Crippen molar-refractivity contribution in [3.8, 4) is 0 Å². The number of carbonyl (C=O) groups is 2. The SMILES string of the molecule is CCCCCCCCCCC(=O)CCCC=CC(=O)OC. The lowest BCUT2D eigenvalue weighted by atomic mass is 10.0. The van der Waals surface area contributed by atoms with Crippen molar-refractivity contribution in [2.24, 2.45) is 0 Å². The Labute approximate surface area is 130 Å². The van der Waals surface area contributed by atoms with E-state index in [-0.39, 0.29) is 5.97 Å². The smallest absolute Gasteiger partial charge is 0.330 e. The molecule has 0 atom stereocenters. The van der Waals surface area contributed by atoms with E-state index in [1.165, 1.54) is 58.1 Å². The molecule has 122 valence electrons. The third-order valence-electron chi connectivity index (χ3n) is 3.59. The van der Waals surface area contributed by atoms with Gasteiger partial charge in [0.05, 0.1) is 7.11 Å². The molecule has 3 nitrogen and oxygen atoms in total. The minimum atomic E-state index is -0.333. The van der Waals surface area contributed by atoms with Gasteiger partial charge < -0.3 is 4.74 Å². The van der Waals surface area contributed by atoms with E-state index in [0.717, 1.165) is 25.7 Å². The number of methoxy groups -OCH3 is 1. The minimum Gasteiger partial charge on any atom is -0.466 e. The van der Waals surface area contributed by atoms with Gasteiger partial charge in [-0.2, -0.15) is 0 Å². The maximum atomic E-state index is 11.7. The Balaban J connectivity index is 3.31. The van der Waals surface area contributed by atoms with E-state index in [9.17, 15) is 9.59 Å². The van der Waals surface area contributed by atoms with Crippen LogP contribution in [0.3, 0.4) is 0 Å². The number of esters is 1. The molecule has 0 aliphatic carbocycles. The molecule has 0 unspecified atom stereocenters. The van der Waals surface area contributed by atoms with Gasteiger partial charge in [-0.05, 0) is 19.3 Å². The molecule has 0 amide bonds. The molecule has 0 aliphatic heterocycles. The highest BCUT2D eigenvalue weighted by Gasteiger charge is 2.01. The van der Waals surface area contributed by atoms with Crippen molar-refractivity contribution >= 4 is 11.8 Å². The van der Waals surface area contributed by atoms with E-state index < -0.39 is 0 Å². The van der Waals surface area contributed by atoms with Crippen molar-refractivity contribution in [1.29, 1.82) is 0 Å². The van der Waals surface area contributed by atoms with Crippen LogP contribution >= 0.6 is 0 Å². The lowest BCUT2D eigenvalue weighted by molar-refractivity contribution is -0.134. The molecule has 0 radical (unpaired) electrons. The number of Topliss-reactive ketones (excluding diaryl/α,β-unsaturated/α-hetero) is 1. The molecule has 0 spiro atoms. The summed E-state index contributed by atoms with van der Waals surface area (Å²) < 4.78 is 4.49. The summed E-state index contributed by atoms with van der Waals surface area (Å²) in [5, 5.41) is 0. The lowest BCUT2D eigenvalue weighted by Crippen LogP contribution is -1.97. The Morgan fingerprint density at radius 1 is 0.857 bits per heavy atom. The highest BCUT2D eigenvalue weighted by atomic mass is 16.5. The zero-order valence-corrected chi connectivity index (χ0v) is 13.9. The molecule has 0 bridgehead atoms. The van der Waals surface area contributed by atoms with E-state index in [4.69, 9.17) is 0 Å². The Hall–Kier alpha value is -1.12. The van der Waals surface area contributed by atoms with E-state index in [1.54, 1.807) is 6.08 Å². The quantitative estimate of drug-likeness (QED) is 0.258. The van der Waals surface area contributed by atoms with Crippen LogP contribution in [0.2, 0.25) is 0 Å². The molecule has 0 heterocycles. The fourth-order valence-electron chi connectivity index (χ4n) is 2.25. The number of unbranched alkanes of at least 4 members (excludes halogenated alkanes) is 8. The molecule has 0 rings (SSSR count). The normalized spacial score (nSPS) is 11.0. The highest BCUT2D eigenvalue weighted by Crippen LogP contribution is 2.11. The van der Waals surface area contributed by atoms with Gasteiger partial charge in [0.15, 0.2) is 0 Å². The van der Waals surface area contributed by atoms with Crippen molar-refractivity contribution in [3.05, 3.63) is 12.2 Å². The maximum absolute atomic E-state index is 11.7. The van der Waals surface area contributed by atoms with Crippen molar-refractivity contribution in [2.45, 2.75) is 84.0 Å². The van der Waals surface area contributed by atoms with E-state index >= 15 is 0 Å². The largest absolute Gasteiger partial charge is 0.466 e. The lowest BCUT2D eigenvalue weighted by Gasteiger charge is -2.02. The predicted molar refractivity (Wildman–Crippen MR) is 87.2 cm³/mol. The fourth-order valence-corrected chi connectivity index (χ4v) is 2.25. The van der Waals surface area contributed by atoms with Gasteiger partial charge in [0.2, 0.25) is 0 Å². The second kappa shape index (κ2) is 15.3. The van der Waals surface area contributed by atoms with Gasteiger partial charge in [-0.15, -0.1) is 0 Å². The summed E-state index contributed by atoms with van der Waals surface area (Å²) in [7, 11) is 1.36. The summed E-state index contributed by atoms with van der Waals surface area (Å²) in [5.74, 6) is 0.0210. The monoisotopic (exact) mass is 296 g/mol. The van der Waals surface area contributed by atoms with Crippen LogP contribution in [-0.2, 0) is 14.3 Å². The van der Waals surface area contributed by atoms with Crippen LogP contribution in [0.5, 0.6) is 0 Å². The molecule has 0 saturated carbocycles. The van der Waals surface area contributed by atoms with Crippen LogP contribution in [-0.4, -0.2) is 18.9 Å². The van der Waals surface area contributed by atoms with Crippen molar-refractivity contribution < 1.29 is 14.3 Å². The van der Waals surface area contributed by atoms with Crippen molar-refractivity contribution in [3.63, 3.8) is 0 Å². The van der Waals surface area contributed by atoms with Crippen LogP contribution in [0, 0.1) is 0 Å². The molecule has 0 fully saturated rings. The third-order valence-corrected chi connectivity index (χ3v) is 3.59. The highest BCUT2D eigenvalue weighted by molar-refractivity contribution is 5.81. The Kier molecular flexibility index (Phi) is 14.5. The van der Waals surface area contributed by atoms with E-state index in [0.29, 0.717) is 12.2 Å². The fraction of sp³-hybridized carbons (Fsp3) is 0.778. The molecule has 3 heteroatoms. The van der Waals surface area contributed by atoms with Crippen LogP contribution in [0.25, 0.3) is 0 Å². The number of allylic oxidation sites excluding steroid dienone is 1. The summed E-state index contributed by atoms with van der Waals surface area (Å²) >= 11 is 0. The van der Waals surface area contributed by atoms with Crippen molar-refractivity contribution in [2.75, 3.05) is 7.11 Å². The van der Waals surface area contributed by atoms with Crippen LogP contribution in [0.4, 0.5) is 0 Å². The maximum Gasteiger partial charge on any atom is 0.330 e. The number of hydrogen-bond acceptors (Lipinski definition) is 3. The first-order valence-electron chi connectivity index (χ1n) is 8.47. The number of rotatable bonds is 14. The Bertz CT molecular complexity index is 295. The van der Waals surface area contributed by atoms with Gasteiger partial charge in [-0.3, -0.25) is 4.79 Å². The van der Waals surface area contributed by atoms with Gasteiger partial charge in [0.1, 0.15) is 5.78 Å². The van der Waals surface area contributed by atoms with E-state index in [2.05, 4.69) is 11.7 Å². The zero-order valence-electron chi connectivity index (χ0n) is 13.9. The summed E-state index contributed by atoms with van der Waals surface area (Å²) in [6.45, 7) is 2.23. The molecule has 0 aliphatic rings. The van der Waals surface area contributed by atoms with Crippen molar-refractivity contribution in [1.82, 2.24) is 0 Å². The average molecular weight is 296 g/mol. The molecule has 0 aromatic heterocycles. The topological polar surface area (TPSA) is 43.4 Å². The average Bonchev–Trinajstić information content (AvgIpc) is 2.49. The second-order valence-electron chi connectivity index (χ2n) is 5.58. The molecule has 21 heavy (non-hydrogen) atoms. The number of ketones is 1. The van der Waals surface area contributed by atoms with Gasteiger partial charge in [-0.25, -0.2) is 4.79 Å². The van der Waals surface area contributed by atoms with Gasteiger partial charge in [0.25, 0.3) is 0 Å². The zero-order chi connectivity index (χ0) is 15.8. The summed E-state index contributed by atoms with van der Waals surface area (Å²) in [6.07, 6.45) is 16.3. The molecule has 0 aromatic carbocycles. The third kappa shape index (κ3) is 15.1. The van der Waals surface area contributed by atoms with Crippen LogP contribution < -0.4 is 0 Å². The number of ether oxygens (including phenoxy) is 1. The van der Waals surface area contributed by atoms with Gasteiger partial charge >= 0.3 is 5.97 Å². The molecular weight excluding hydrogens is 264 g/mol. The summed E-state index contributed by atoms with van der Waals surface area (Å²) in [5.41, 5.74) is 0. The second-order valence-corrected chi connectivity index (χ2v) is 5.58. The number of carbonyl (C=O) groups excluding carboxylic acids is 2. The van der Waals surface area contributed by atoms with Gasteiger partial charge in [-0.1, -0.05) is 57.9 Å².